The van der Waals surface area contributed by atoms with E-state index in [1.165, 1.54) is 6.26 Å². The Kier molecular flexibility index (Phi) is 3.77. The van der Waals surface area contributed by atoms with Gasteiger partial charge in [-0.15, -0.1) is 0 Å². The number of fused-ring (bicyclic) bond motifs is 1. The molecule has 4 fully saturated rings. The summed E-state index contributed by atoms with van der Waals surface area (Å²) in [7, 11) is -3.07. The van der Waals surface area contributed by atoms with Crippen molar-refractivity contribution >= 4 is 21.6 Å². The predicted molar refractivity (Wildman–Crippen MR) is 103 cm³/mol. The summed E-state index contributed by atoms with van der Waals surface area (Å²) in [6.45, 7) is 1.02. The smallest absolute Gasteiger partial charge is 0.322 e. The predicted octanol–water partition coefficient (Wildman–Crippen LogP) is 2.59. The number of hydrogen-bond acceptors (Lipinski definition) is 4. The average molecular weight is 391 g/mol. The molecule has 0 saturated heterocycles. The second-order valence-electron chi connectivity index (χ2n) is 8.87. The fraction of sp³-hybridized carbons (Fsp3) is 0.650. The third-order valence-electron chi connectivity index (χ3n) is 7.27. The minimum Gasteiger partial charge on any atom is -0.490 e. The highest BCUT2D eigenvalue weighted by atomic mass is 32.2. The second-order valence-corrected chi connectivity index (χ2v) is 11.3. The molecule has 1 heterocycles. The number of urea groups is 1. The summed E-state index contributed by atoms with van der Waals surface area (Å²) in [5.41, 5.74) is 0.803. The summed E-state index contributed by atoms with van der Waals surface area (Å²) in [5, 5.41) is 3.28. The van der Waals surface area contributed by atoms with Gasteiger partial charge in [0.1, 0.15) is 12.4 Å². The molecular weight excluding hydrogens is 364 g/mol. The van der Waals surface area contributed by atoms with Crippen molar-refractivity contribution in [2.75, 3.05) is 24.3 Å². The molecule has 4 bridgehead atoms. The Morgan fingerprint density at radius 2 is 1.89 bits per heavy atom. The van der Waals surface area contributed by atoms with Gasteiger partial charge in [0, 0.05) is 12.3 Å². The van der Waals surface area contributed by atoms with E-state index in [1.54, 1.807) is 4.90 Å². The maximum absolute atomic E-state index is 13.1. The average Bonchev–Trinajstić information content (AvgIpc) is 2.62. The van der Waals surface area contributed by atoms with Crippen LogP contribution in [0.2, 0.25) is 0 Å². The van der Waals surface area contributed by atoms with E-state index in [0.29, 0.717) is 31.9 Å². The van der Waals surface area contributed by atoms with E-state index in [0.717, 1.165) is 30.7 Å². The Balaban J connectivity index is 1.37. The first kappa shape index (κ1) is 17.3. The molecule has 4 saturated carbocycles. The van der Waals surface area contributed by atoms with Crippen LogP contribution in [0.3, 0.4) is 0 Å². The third kappa shape index (κ3) is 2.65. The number of hydrogen-bond donors (Lipinski definition) is 1. The van der Waals surface area contributed by atoms with Crippen LogP contribution < -0.4 is 15.0 Å². The monoisotopic (exact) mass is 390 g/mol. The van der Waals surface area contributed by atoms with Gasteiger partial charge in [0.25, 0.3) is 0 Å². The lowest BCUT2D eigenvalue weighted by Crippen LogP contribution is -2.64. The molecule has 2 amide bonds. The summed E-state index contributed by atoms with van der Waals surface area (Å²) >= 11 is 0. The SMILES string of the molecule is CS(=O)(=O)[C@]12CC3CC(C1)[C@@H](NC(=O)N1CCOc4ccccc41)C(C3)C2. The van der Waals surface area contributed by atoms with Gasteiger partial charge in [0.05, 0.1) is 17.0 Å². The molecule has 1 aromatic carbocycles. The largest absolute Gasteiger partial charge is 0.490 e. The zero-order valence-electron chi connectivity index (χ0n) is 15.6. The number of anilines is 1. The maximum Gasteiger partial charge on any atom is 0.322 e. The van der Waals surface area contributed by atoms with Crippen LogP contribution in [0.5, 0.6) is 5.75 Å². The van der Waals surface area contributed by atoms with Crippen LogP contribution in [0.15, 0.2) is 24.3 Å². The van der Waals surface area contributed by atoms with E-state index in [-0.39, 0.29) is 23.9 Å². The lowest BCUT2D eigenvalue weighted by molar-refractivity contribution is 0.00373. The van der Waals surface area contributed by atoms with E-state index in [9.17, 15) is 13.2 Å². The van der Waals surface area contributed by atoms with Crippen molar-refractivity contribution < 1.29 is 17.9 Å². The van der Waals surface area contributed by atoms with Crippen LogP contribution in [0.1, 0.15) is 32.1 Å². The number of carbonyl (C=O) groups is 1. The topological polar surface area (TPSA) is 75.7 Å². The lowest BCUT2D eigenvalue weighted by atomic mass is 9.53. The molecule has 146 valence electrons. The van der Waals surface area contributed by atoms with Crippen LogP contribution in [-0.4, -0.2) is 44.6 Å². The number of carbonyl (C=O) groups excluding carboxylic acids is 1. The number of nitrogens with zero attached hydrogens (tertiary/aromatic N) is 1. The Labute approximate surface area is 160 Å². The first-order valence-electron chi connectivity index (χ1n) is 9.86. The number of para-hydroxylation sites is 2. The number of rotatable bonds is 2. The van der Waals surface area contributed by atoms with Gasteiger partial charge in [0.2, 0.25) is 0 Å². The zero-order valence-corrected chi connectivity index (χ0v) is 16.4. The van der Waals surface area contributed by atoms with Crippen molar-refractivity contribution in [3.8, 4) is 5.75 Å². The Bertz CT molecular complexity index is 868. The summed E-state index contributed by atoms with van der Waals surface area (Å²) < 4.78 is 30.1. The summed E-state index contributed by atoms with van der Waals surface area (Å²) in [6, 6.07) is 7.60. The highest BCUT2D eigenvalue weighted by Gasteiger charge is 2.59. The van der Waals surface area contributed by atoms with Gasteiger partial charge in [-0.3, -0.25) is 4.90 Å². The minimum absolute atomic E-state index is 0.0823. The first-order valence-corrected chi connectivity index (χ1v) is 11.7. The van der Waals surface area contributed by atoms with Crippen LogP contribution in [0.4, 0.5) is 10.5 Å². The highest BCUT2D eigenvalue weighted by molar-refractivity contribution is 7.92. The van der Waals surface area contributed by atoms with Crippen LogP contribution in [0, 0.1) is 17.8 Å². The minimum atomic E-state index is -3.07. The molecule has 0 aromatic heterocycles. The van der Waals surface area contributed by atoms with Gasteiger partial charge >= 0.3 is 6.03 Å². The number of amides is 2. The van der Waals surface area contributed by atoms with E-state index in [2.05, 4.69) is 5.32 Å². The molecule has 0 radical (unpaired) electrons. The molecule has 0 spiro atoms. The molecule has 6 rings (SSSR count). The van der Waals surface area contributed by atoms with E-state index in [4.69, 9.17) is 4.74 Å². The standard InChI is InChI=1S/C20H26N2O4S/c1-27(24,25)20-10-13-8-14(11-20)18(15(9-13)12-20)21-19(23)22-6-7-26-17-5-3-2-4-16(17)22/h2-5,13-15,18H,6-12H2,1H3,(H,21,23)/t13?,14?,15?,18-,20-. The van der Waals surface area contributed by atoms with Crippen LogP contribution in [-0.2, 0) is 9.84 Å². The number of nitrogens with one attached hydrogen (secondary N) is 1. The molecule has 1 N–H and O–H groups in total. The molecule has 6 nitrogen and oxygen atoms in total. The van der Waals surface area contributed by atoms with Gasteiger partial charge in [-0.1, -0.05) is 12.1 Å². The van der Waals surface area contributed by atoms with Crippen LogP contribution in [0.25, 0.3) is 0 Å². The van der Waals surface area contributed by atoms with E-state index >= 15 is 0 Å². The summed E-state index contributed by atoms with van der Waals surface area (Å²) in [6.07, 6.45) is 5.69. The summed E-state index contributed by atoms with van der Waals surface area (Å²) in [4.78, 5) is 14.8. The van der Waals surface area contributed by atoms with Gasteiger partial charge in [0.15, 0.2) is 9.84 Å². The fourth-order valence-corrected chi connectivity index (χ4v) is 7.81. The maximum atomic E-state index is 13.1. The molecule has 1 aromatic rings. The molecule has 2 atom stereocenters. The number of sulfone groups is 1. The molecule has 2 unspecified atom stereocenters. The molecule has 27 heavy (non-hydrogen) atoms. The molecule has 5 aliphatic rings. The molecular formula is C20H26N2O4S. The van der Waals surface area contributed by atoms with Crippen LogP contribution >= 0.6 is 0 Å². The van der Waals surface area contributed by atoms with Crippen molar-refractivity contribution in [1.82, 2.24) is 5.32 Å². The normalized spacial score (nSPS) is 36.9. The summed E-state index contributed by atoms with van der Waals surface area (Å²) in [5.74, 6) is 1.77. The Morgan fingerprint density at radius 1 is 1.19 bits per heavy atom. The molecule has 1 aliphatic heterocycles. The quantitative estimate of drug-likeness (QED) is 0.842. The number of benzene rings is 1. The second kappa shape index (κ2) is 5.87. The first-order chi connectivity index (χ1) is 12.9. The molecule has 7 heteroatoms. The third-order valence-corrected chi connectivity index (χ3v) is 9.34. The Morgan fingerprint density at radius 3 is 2.59 bits per heavy atom. The van der Waals surface area contributed by atoms with Gasteiger partial charge in [-0.05, 0) is 62.0 Å². The fourth-order valence-electron chi connectivity index (χ4n) is 6.24. The van der Waals surface area contributed by atoms with Crippen molar-refractivity contribution in [2.24, 2.45) is 17.8 Å². The zero-order chi connectivity index (χ0) is 18.8. The van der Waals surface area contributed by atoms with Crippen molar-refractivity contribution in [3.63, 3.8) is 0 Å². The van der Waals surface area contributed by atoms with Crippen molar-refractivity contribution in [1.29, 1.82) is 0 Å². The van der Waals surface area contributed by atoms with Gasteiger partial charge in [-0.2, -0.15) is 0 Å². The highest BCUT2D eigenvalue weighted by Crippen LogP contribution is 2.58. The Hall–Kier alpha value is -1.76. The van der Waals surface area contributed by atoms with E-state index in [1.807, 2.05) is 24.3 Å². The number of ether oxygens (including phenoxy) is 1. The van der Waals surface area contributed by atoms with Crippen molar-refractivity contribution in [3.05, 3.63) is 24.3 Å². The lowest BCUT2D eigenvalue weighted by Gasteiger charge is -2.59. The van der Waals surface area contributed by atoms with E-state index < -0.39 is 14.6 Å². The van der Waals surface area contributed by atoms with Gasteiger partial charge < -0.3 is 10.1 Å². The molecule has 4 aliphatic carbocycles. The van der Waals surface area contributed by atoms with Crippen molar-refractivity contribution in [2.45, 2.75) is 42.9 Å². The van der Waals surface area contributed by atoms with Gasteiger partial charge in [-0.25, -0.2) is 13.2 Å².